The van der Waals surface area contributed by atoms with Gasteiger partial charge < -0.3 is 4.90 Å². The molecule has 0 aromatic heterocycles. The number of nitrogens with zero attached hydrogens (tertiary/aromatic N) is 2. The van der Waals surface area contributed by atoms with Crippen molar-refractivity contribution in [2.24, 2.45) is 0 Å². The number of alkyl halides is 3. The Bertz CT molecular complexity index is 1200. The van der Waals surface area contributed by atoms with Crippen LogP contribution in [0.4, 0.5) is 18.9 Å². The lowest BCUT2D eigenvalue weighted by Gasteiger charge is -2.25. The Morgan fingerprint density at radius 1 is 0.818 bits per heavy atom. The molecule has 0 bridgehead atoms. The van der Waals surface area contributed by atoms with E-state index in [-0.39, 0.29) is 17.0 Å². The van der Waals surface area contributed by atoms with E-state index in [4.69, 9.17) is 0 Å². The number of anilines is 1. The largest absolute Gasteiger partial charge is 0.416 e. The SMILES string of the molecule is CCN(Cc1ccccc1)C1=C(c2ccccc2)C(=O)N(c2cccc(C(F)(F)F)c2)C1=O. The van der Waals surface area contributed by atoms with E-state index in [1.807, 2.05) is 37.3 Å². The Balaban J connectivity index is 1.82. The summed E-state index contributed by atoms with van der Waals surface area (Å²) < 4.78 is 39.9. The van der Waals surface area contributed by atoms with Gasteiger partial charge in [0, 0.05) is 13.1 Å². The molecule has 0 fully saturated rings. The van der Waals surface area contributed by atoms with Crippen LogP contribution in [0.1, 0.15) is 23.6 Å². The maximum absolute atomic E-state index is 13.6. The van der Waals surface area contributed by atoms with E-state index in [1.165, 1.54) is 12.1 Å². The quantitative estimate of drug-likeness (QED) is 0.465. The summed E-state index contributed by atoms with van der Waals surface area (Å²) in [7, 11) is 0. The molecule has 3 aromatic carbocycles. The maximum Gasteiger partial charge on any atom is 0.416 e. The summed E-state index contributed by atoms with van der Waals surface area (Å²) in [5.41, 5.74) is 0.792. The van der Waals surface area contributed by atoms with Crippen molar-refractivity contribution in [1.82, 2.24) is 4.90 Å². The van der Waals surface area contributed by atoms with Gasteiger partial charge in [0.1, 0.15) is 5.70 Å². The number of imide groups is 1. The number of carbonyl (C=O) groups excluding carboxylic acids is 2. The fourth-order valence-corrected chi connectivity index (χ4v) is 3.89. The van der Waals surface area contributed by atoms with E-state index >= 15 is 0 Å². The van der Waals surface area contributed by atoms with Crippen LogP contribution in [0.3, 0.4) is 0 Å². The first-order valence-corrected chi connectivity index (χ1v) is 10.5. The predicted molar refractivity (Wildman–Crippen MR) is 120 cm³/mol. The molecule has 0 saturated carbocycles. The number of hydrogen-bond donors (Lipinski definition) is 0. The zero-order valence-corrected chi connectivity index (χ0v) is 17.8. The van der Waals surface area contributed by atoms with E-state index in [9.17, 15) is 22.8 Å². The van der Waals surface area contributed by atoms with Gasteiger partial charge in [-0.2, -0.15) is 13.2 Å². The first-order valence-electron chi connectivity index (χ1n) is 10.5. The highest BCUT2D eigenvalue weighted by Gasteiger charge is 2.43. The van der Waals surface area contributed by atoms with Gasteiger partial charge >= 0.3 is 6.18 Å². The number of carbonyl (C=O) groups is 2. The summed E-state index contributed by atoms with van der Waals surface area (Å²) in [5, 5.41) is 0. The molecule has 0 radical (unpaired) electrons. The summed E-state index contributed by atoms with van der Waals surface area (Å²) in [4.78, 5) is 29.7. The number of halogens is 3. The normalized spacial score (nSPS) is 14.2. The molecule has 7 heteroatoms. The zero-order valence-electron chi connectivity index (χ0n) is 17.8. The van der Waals surface area contributed by atoms with Gasteiger partial charge in [-0.25, -0.2) is 4.90 Å². The Labute approximate surface area is 189 Å². The van der Waals surface area contributed by atoms with Crippen LogP contribution in [0.2, 0.25) is 0 Å². The Hall–Kier alpha value is -3.87. The summed E-state index contributed by atoms with van der Waals surface area (Å²) in [5.74, 6) is -1.29. The third-order valence-corrected chi connectivity index (χ3v) is 5.47. The van der Waals surface area contributed by atoms with Gasteiger partial charge in [-0.1, -0.05) is 66.7 Å². The molecule has 33 heavy (non-hydrogen) atoms. The summed E-state index contributed by atoms with van der Waals surface area (Å²) in [6.45, 7) is 2.66. The van der Waals surface area contributed by atoms with Crippen LogP contribution < -0.4 is 4.90 Å². The summed E-state index contributed by atoms with van der Waals surface area (Å²) >= 11 is 0. The molecule has 1 aliphatic rings. The molecule has 1 aliphatic heterocycles. The molecule has 4 rings (SSSR count). The van der Waals surface area contributed by atoms with Crippen molar-refractivity contribution >= 4 is 23.1 Å². The van der Waals surface area contributed by atoms with E-state index < -0.39 is 23.6 Å². The van der Waals surface area contributed by atoms with Crippen LogP contribution in [-0.4, -0.2) is 23.3 Å². The summed E-state index contributed by atoms with van der Waals surface area (Å²) in [6.07, 6.45) is -4.59. The Morgan fingerprint density at radius 2 is 1.45 bits per heavy atom. The first kappa shape index (κ1) is 22.3. The van der Waals surface area contributed by atoms with E-state index in [2.05, 4.69) is 0 Å². The van der Waals surface area contributed by atoms with Crippen LogP contribution in [0.25, 0.3) is 5.57 Å². The van der Waals surface area contributed by atoms with Crippen molar-refractivity contribution < 1.29 is 22.8 Å². The van der Waals surface area contributed by atoms with Crippen molar-refractivity contribution in [2.45, 2.75) is 19.6 Å². The number of amides is 2. The van der Waals surface area contributed by atoms with Crippen molar-refractivity contribution in [3.63, 3.8) is 0 Å². The molecule has 2 amide bonds. The minimum atomic E-state index is -4.59. The van der Waals surface area contributed by atoms with Crippen LogP contribution in [0, 0.1) is 0 Å². The Kier molecular flexibility index (Phi) is 6.05. The third-order valence-electron chi connectivity index (χ3n) is 5.47. The molecule has 0 N–H and O–H groups in total. The molecule has 0 spiro atoms. The molecule has 168 valence electrons. The van der Waals surface area contributed by atoms with Gasteiger partial charge in [-0.3, -0.25) is 9.59 Å². The monoisotopic (exact) mass is 450 g/mol. The second-order valence-corrected chi connectivity index (χ2v) is 7.58. The summed E-state index contributed by atoms with van der Waals surface area (Å²) in [6, 6.07) is 22.5. The molecule has 3 aromatic rings. The molecule has 0 saturated heterocycles. The van der Waals surface area contributed by atoms with Crippen molar-refractivity contribution in [1.29, 1.82) is 0 Å². The average molecular weight is 450 g/mol. The molecule has 0 aliphatic carbocycles. The standard InChI is InChI=1S/C26H21F3N2O2/c1-2-30(17-18-10-5-3-6-11-18)23-22(19-12-7-4-8-13-19)24(32)31(25(23)33)21-15-9-14-20(16-21)26(27,28)29/h3-16H,2,17H2,1H3. The van der Waals surface area contributed by atoms with Crippen molar-refractivity contribution in [3.05, 3.63) is 107 Å². The van der Waals surface area contributed by atoms with Gasteiger partial charge in [0.25, 0.3) is 11.8 Å². The van der Waals surface area contributed by atoms with Gasteiger partial charge in [-0.15, -0.1) is 0 Å². The van der Waals surface area contributed by atoms with E-state index in [0.717, 1.165) is 22.6 Å². The van der Waals surface area contributed by atoms with Crippen LogP contribution in [0.5, 0.6) is 0 Å². The number of likely N-dealkylation sites (N-methyl/N-ethyl adjacent to an activating group) is 1. The third kappa shape index (κ3) is 4.39. The minimum absolute atomic E-state index is 0.112. The lowest BCUT2D eigenvalue weighted by Crippen LogP contribution is -2.35. The smallest absolute Gasteiger partial charge is 0.362 e. The second kappa shape index (κ2) is 8.94. The van der Waals surface area contributed by atoms with E-state index in [0.29, 0.717) is 18.7 Å². The average Bonchev–Trinajstić information content (AvgIpc) is 3.08. The minimum Gasteiger partial charge on any atom is -0.362 e. The first-order chi connectivity index (χ1) is 15.8. The lowest BCUT2D eigenvalue weighted by atomic mass is 10.0. The topological polar surface area (TPSA) is 40.6 Å². The molecule has 0 unspecified atom stereocenters. The van der Waals surface area contributed by atoms with Crippen molar-refractivity contribution in [3.8, 4) is 0 Å². The molecule has 0 atom stereocenters. The van der Waals surface area contributed by atoms with Crippen LogP contribution >= 0.6 is 0 Å². The highest BCUT2D eigenvalue weighted by Crippen LogP contribution is 2.37. The van der Waals surface area contributed by atoms with Crippen LogP contribution in [0.15, 0.2) is 90.6 Å². The fraction of sp³-hybridized carbons (Fsp3) is 0.154. The molecular weight excluding hydrogens is 429 g/mol. The fourth-order valence-electron chi connectivity index (χ4n) is 3.89. The van der Waals surface area contributed by atoms with Gasteiger partial charge in [-0.05, 0) is 36.2 Å². The highest BCUT2D eigenvalue weighted by molar-refractivity contribution is 6.45. The second-order valence-electron chi connectivity index (χ2n) is 7.58. The molecular formula is C26H21F3N2O2. The molecule has 1 heterocycles. The van der Waals surface area contributed by atoms with Gasteiger partial charge in [0.05, 0.1) is 16.8 Å². The number of benzene rings is 3. The lowest BCUT2D eigenvalue weighted by molar-refractivity contribution is -0.137. The molecule has 4 nitrogen and oxygen atoms in total. The van der Waals surface area contributed by atoms with Crippen LogP contribution in [-0.2, 0) is 22.3 Å². The zero-order chi connectivity index (χ0) is 23.6. The van der Waals surface area contributed by atoms with Crippen molar-refractivity contribution in [2.75, 3.05) is 11.4 Å². The van der Waals surface area contributed by atoms with E-state index in [1.54, 1.807) is 35.2 Å². The Morgan fingerprint density at radius 3 is 2.06 bits per heavy atom. The van der Waals surface area contributed by atoms with Gasteiger partial charge in [0.2, 0.25) is 0 Å². The highest BCUT2D eigenvalue weighted by atomic mass is 19.4. The predicted octanol–water partition coefficient (Wildman–Crippen LogP) is 5.51. The number of hydrogen-bond acceptors (Lipinski definition) is 3. The van der Waals surface area contributed by atoms with Gasteiger partial charge in [0.15, 0.2) is 0 Å². The number of rotatable bonds is 6. The maximum atomic E-state index is 13.6.